The zero-order valence-electron chi connectivity index (χ0n) is 11.9. The van der Waals surface area contributed by atoms with Crippen LogP contribution in [0.5, 0.6) is 0 Å². The molecule has 0 atom stereocenters. The van der Waals surface area contributed by atoms with Crippen molar-refractivity contribution in [2.75, 3.05) is 26.2 Å². The van der Waals surface area contributed by atoms with Crippen molar-refractivity contribution < 1.29 is 9.21 Å². The number of hydrogen-bond acceptors (Lipinski definition) is 4. The van der Waals surface area contributed by atoms with E-state index >= 15 is 0 Å². The molecule has 0 aromatic carbocycles. The van der Waals surface area contributed by atoms with Crippen molar-refractivity contribution in [2.45, 2.75) is 26.4 Å². The molecule has 0 aliphatic carbocycles. The van der Waals surface area contributed by atoms with E-state index in [0.29, 0.717) is 23.9 Å². The molecule has 1 aliphatic heterocycles. The molecule has 2 N–H and O–H groups in total. The molecule has 5 nitrogen and oxygen atoms in total. The molecule has 0 unspecified atom stereocenters. The second kappa shape index (κ2) is 8.52. The summed E-state index contributed by atoms with van der Waals surface area (Å²) in [6.45, 7) is 8.12. The van der Waals surface area contributed by atoms with Crippen LogP contribution >= 0.6 is 24.8 Å². The van der Waals surface area contributed by atoms with Gasteiger partial charge in [-0.3, -0.25) is 9.69 Å². The topological polar surface area (TPSA) is 62.7 Å². The molecule has 0 saturated carbocycles. The summed E-state index contributed by atoms with van der Waals surface area (Å²) in [6, 6.07) is 2.27. The van der Waals surface area contributed by atoms with E-state index in [2.05, 4.69) is 18.7 Å². The van der Waals surface area contributed by atoms with Gasteiger partial charge in [0.25, 0.3) is 5.91 Å². The maximum atomic E-state index is 12.2. The second-order valence-corrected chi connectivity index (χ2v) is 4.93. The Balaban J connectivity index is 0.00000180. The molecular weight excluding hydrogens is 301 g/mol. The van der Waals surface area contributed by atoms with Gasteiger partial charge in [-0.1, -0.05) is 0 Å². The second-order valence-electron chi connectivity index (χ2n) is 4.93. The Labute approximate surface area is 132 Å². The van der Waals surface area contributed by atoms with E-state index in [0.717, 1.165) is 26.2 Å². The van der Waals surface area contributed by atoms with Crippen LogP contribution in [0.1, 0.15) is 30.0 Å². The van der Waals surface area contributed by atoms with Crippen LogP contribution in [0.4, 0.5) is 0 Å². The quantitative estimate of drug-likeness (QED) is 0.920. The minimum absolute atomic E-state index is 0. The van der Waals surface area contributed by atoms with Gasteiger partial charge in [0.05, 0.1) is 12.1 Å². The zero-order valence-corrected chi connectivity index (χ0v) is 13.5. The summed E-state index contributed by atoms with van der Waals surface area (Å²) < 4.78 is 5.20. The molecule has 2 heterocycles. The third kappa shape index (κ3) is 4.38. The molecule has 1 fully saturated rings. The van der Waals surface area contributed by atoms with Crippen molar-refractivity contribution in [3.05, 3.63) is 23.7 Å². The predicted molar refractivity (Wildman–Crippen MR) is 83.7 cm³/mol. The van der Waals surface area contributed by atoms with E-state index in [1.165, 1.54) is 6.26 Å². The Kier molecular flexibility index (Phi) is 8.20. The van der Waals surface area contributed by atoms with Crippen molar-refractivity contribution in [1.29, 1.82) is 0 Å². The fourth-order valence-corrected chi connectivity index (χ4v) is 2.22. The van der Waals surface area contributed by atoms with Gasteiger partial charge in [-0.05, 0) is 19.9 Å². The molecule has 0 radical (unpaired) electrons. The number of rotatable bonds is 3. The third-order valence-electron chi connectivity index (χ3n) is 3.43. The summed E-state index contributed by atoms with van der Waals surface area (Å²) >= 11 is 0. The fourth-order valence-electron chi connectivity index (χ4n) is 2.22. The summed E-state index contributed by atoms with van der Waals surface area (Å²) in [5, 5.41) is 0. The molecule has 7 heteroatoms. The van der Waals surface area contributed by atoms with Crippen LogP contribution in [0.2, 0.25) is 0 Å². The molecule has 1 aliphatic rings. The van der Waals surface area contributed by atoms with Crippen molar-refractivity contribution in [1.82, 2.24) is 9.80 Å². The van der Waals surface area contributed by atoms with Crippen LogP contribution in [0.25, 0.3) is 0 Å². The van der Waals surface area contributed by atoms with Crippen LogP contribution in [-0.2, 0) is 6.54 Å². The van der Waals surface area contributed by atoms with Crippen LogP contribution in [-0.4, -0.2) is 47.9 Å². The van der Waals surface area contributed by atoms with Crippen molar-refractivity contribution in [3.8, 4) is 0 Å². The number of amides is 1. The maximum Gasteiger partial charge on any atom is 0.257 e. The van der Waals surface area contributed by atoms with Crippen molar-refractivity contribution >= 4 is 30.7 Å². The predicted octanol–water partition coefficient (Wildman–Crippen LogP) is 1.75. The van der Waals surface area contributed by atoms with Crippen LogP contribution in [0.3, 0.4) is 0 Å². The highest BCUT2D eigenvalue weighted by molar-refractivity contribution is 5.94. The highest BCUT2D eigenvalue weighted by Crippen LogP contribution is 2.13. The maximum absolute atomic E-state index is 12.2. The summed E-state index contributed by atoms with van der Waals surface area (Å²) in [6.07, 6.45) is 1.50. The molecule has 2 rings (SSSR count). The number of nitrogens with zero attached hydrogens (tertiary/aromatic N) is 2. The Morgan fingerprint density at radius 1 is 1.30 bits per heavy atom. The summed E-state index contributed by atoms with van der Waals surface area (Å²) in [5.74, 6) is 0.695. The lowest BCUT2D eigenvalue weighted by Gasteiger charge is -2.36. The molecule has 1 saturated heterocycles. The number of nitrogens with two attached hydrogens (primary N) is 1. The van der Waals surface area contributed by atoms with Gasteiger partial charge in [-0.2, -0.15) is 0 Å². The number of furan rings is 1. The average molecular weight is 324 g/mol. The van der Waals surface area contributed by atoms with Gasteiger partial charge < -0.3 is 15.1 Å². The van der Waals surface area contributed by atoms with Gasteiger partial charge in [-0.25, -0.2) is 0 Å². The third-order valence-corrected chi connectivity index (χ3v) is 3.43. The molecular formula is C13H23Cl2N3O2. The van der Waals surface area contributed by atoms with E-state index in [1.54, 1.807) is 6.07 Å². The molecule has 1 aromatic rings. The highest BCUT2D eigenvalue weighted by atomic mass is 35.5. The van der Waals surface area contributed by atoms with E-state index in [4.69, 9.17) is 10.2 Å². The van der Waals surface area contributed by atoms with Gasteiger partial charge in [0, 0.05) is 32.2 Å². The van der Waals surface area contributed by atoms with Crippen molar-refractivity contribution in [2.24, 2.45) is 5.73 Å². The minimum atomic E-state index is 0. The summed E-state index contributed by atoms with van der Waals surface area (Å²) in [4.78, 5) is 16.5. The van der Waals surface area contributed by atoms with Crippen LogP contribution < -0.4 is 5.73 Å². The lowest BCUT2D eigenvalue weighted by Crippen LogP contribution is -2.50. The Morgan fingerprint density at radius 2 is 1.90 bits per heavy atom. The molecule has 0 spiro atoms. The smallest absolute Gasteiger partial charge is 0.257 e. The average Bonchev–Trinajstić information content (AvgIpc) is 2.86. The molecule has 20 heavy (non-hydrogen) atoms. The Bertz CT molecular complexity index is 416. The van der Waals surface area contributed by atoms with Gasteiger partial charge in [0.2, 0.25) is 0 Å². The highest BCUT2D eigenvalue weighted by Gasteiger charge is 2.24. The monoisotopic (exact) mass is 323 g/mol. The fraction of sp³-hybridized carbons (Fsp3) is 0.615. The minimum Gasteiger partial charge on any atom is -0.467 e. The lowest BCUT2D eigenvalue weighted by atomic mass is 10.2. The molecule has 116 valence electrons. The SMILES string of the molecule is CC(C)N1CCN(C(=O)c2coc(CN)c2)CC1.Cl.Cl. The van der Waals surface area contributed by atoms with Gasteiger partial charge in [0.1, 0.15) is 12.0 Å². The number of carbonyl (C=O) groups is 1. The van der Waals surface area contributed by atoms with E-state index in [1.807, 2.05) is 4.90 Å². The normalized spacial score (nSPS) is 15.7. The van der Waals surface area contributed by atoms with E-state index in [9.17, 15) is 4.79 Å². The number of hydrogen-bond donors (Lipinski definition) is 1. The van der Waals surface area contributed by atoms with Crippen molar-refractivity contribution in [3.63, 3.8) is 0 Å². The Hall–Kier alpha value is -0.750. The lowest BCUT2D eigenvalue weighted by molar-refractivity contribution is 0.0595. The summed E-state index contributed by atoms with van der Waals surface area (Å²) in [7, 11) is 0. The number of piperazine rings is 1. The molecule has 0 bridgehead atoms. The van der Waals surface area contributed by atoms with E-state index in [-0.39, 0.29) is 30.7 Å². The first-order chi connectivity index (χ1) is 8.61. The number of halogens is 2. The largest absolute Gasteiger partial charge is 0.467 e. The summed E-state index contributed by atoms with van der Waals surface area (Å²) in [5.41, 5.74) is 6.07. The molecule has 1 aromatic heterocycles. The standard InChI is InChI=1S/C13H21N3O2.2ClH/c1-10(2)15-3-5-16(6-4-15)13(17)11-7-12(8-14)18-9-11;;/h7,9-10H,3-6,8,14H2,1-2H3;2*1H. The van der Waals surface area contributed by atoms with Crippen LogP contribution in [0.15, 0.2) is 16.7 Å². The van der Waals surface area contributed by atoms with Gasteiger partial charge in [0.15, 0.2) is 0 Å². The first-order valence-corrected chi connectivity index (χ1v) is 6.42. The first-order valence-electron chi connectivity index (χ1n) is 6.42. The number of carbonyl (C=O) groups excluding carboxylic acids is 1. The molecule has 1 amide bonds. The van der Waals surface area contributed by atoms with Gasteiger partial charge >= 0.3 is 0 Å². The Morgan fingerprint density at radius 3 is 2.35 bits per heavy atom. The van der Waals surface area contributed by atoms with Crippen LogP contribution in [0, 0.1) is 0 Å². The zero-order chi connectivity index (χ0) is 13.1. The first kappa shape index (κ1) is 19.2. The van der Waals surface area contributed by atoms with E-state index < -0.39 is 0 Å². The van der Waals surface area contributed by atoms with Gasteiger partial charge in [-0.15, -0.1) is 24.8 Å².